The van der Waals surface area contributed by atoms with Gasteiger partial charge in [0.1, 0.15) is 12.4 Å². The number of amides is 1. The monoisotopic (exact) mass is 599 g/mol. The zero-order valence-corrected chi connectivity index (χ0v) is 27.6. The molecule has 1 aromatic heterocycles. The average Bonchev–Trinajstić information content (AvgIpc) is 2.97. The molecule has 8 heteroatoms. The summed E-state index contributed by atoms with van der Waals surface area (Å²) in [5.41, 5.74) is 3.38. The third-order valence-electron chi connectivity index (χ3n) is 7.83. The number of ether oxygens (including phenoxy) is 1. The molecule has 1 N–H and O–H groups in total. The second-order valence-corrected chi connectivity index (χ2v) is 16.8. The van der Waals surface area contributed by atoms with Crippen LogP contribution in [0.2, 0.25) is 18.1 Å². The summed E-state index contributed by atoms with van der Waals surface area (Å²) in [7, 11) is -0.292. The van der Waals surface area contributed by atoms with Crippen molar-refractivity contribution in [2.24, 2.45) is 0 Å². The highest BCUT2D eigenvalue weighted by Gasteiger charge is 2.37. The Morgan fingerprint density at radius 2 is 1.77 bits per heavy atom. The normalized spacial score (nSPS) is 12.4. The molecule has 228 valence electrons. The average molecular weight is 600 g/mol. The van der Waals surface area contributed by atoms with E-state index in [0.717, 1.165) is 22.3 Å². The molecule has 0 aliphatic carbocycles. The van der Waals surface area contributed by atoms with Crippen molar-refractivity contribution in [1.29, 1.82) is 0 Å². The summed E-state index contributed by atoms with van der Waals surface area (Å²) in [5.74, 6) is -0.123. The van der Waals surface area contributed by atoms with Gasteiger partial charge in [-0.15, -0.1) is 0 Å². The number of benzene rings is 2. The number of aromatic amines is 1. The highest BCUT2D eigenvalue weighted by molar-refractivity contribution is 6.74. The number of likely N-dealkylation sites (N-methyl/N-ethyl adjacent to an activating group) is 1. The Hall–Kier alpha value is -4.01. The van der Waals surface area contributed by atoms with Crippen molar-refractivity contribution in [3.8, 4) is 16.9 Å². The molecule has 0 radical (unpaired) electrons. The van der Waals surface area contributed by atoms with E-state index in [9.17, 15) is 9.59 Å². The van der Waals surface area contributed by atoms with Crippen LogP contribution < -0.4 is 10.3 Å². The Kier molecular flexibility index (Phi) is 11.6. The summed E-state index contributed by atoms with van der Waals surface area (Å²) in [6, 6.07) is 18.0. The lowest BCUT2D eigenvalue weighted by Crippen LogP contribution is -2.43. The molecule has 0 atom stereocenters. The van der Waals surface area contributed by atoms with Crippen LogP contribution in [0.25, 0.3) is 11.1 Å². The van der Waals surface area contributed by atoms with Crippen LogP contribution in [0.1, 0.15) is 49.6 Å². The van der Waals surface area contributed by atoms with Crippen molar-refractivity contribution in [3.63, 3.8) is 0 Å². The molecule has 3 aromatic rings. The van der Waals surface area contributed by atoms with Crippen molar-refractivity contribution in [1.82, 2.24) is 14.9 Å². The summed E-state index contributed by atoms with van der Waals surface area (Å²) in [6.45, 7) is 17.3. The van der Waals surface area contributed by atoms with Gasteiger partial charge in [-0.3, -0.25) is 9.59 Å². The van der Waals surface area contributed by atoms with Crippen LogP contribution in [-0.2, 0) is 10.8 Å². The van der Waals surface area contributed by atoms with Gasteiger partial charge >= 0.3 is 0 Å². The van der Waals surface area contributed by atoms with Crippen molar-refractivity contribution < 1.29 is 14.0 Å². The molecule has 0 bridgehead atoms. The van der Waals surface area contributed by atoms with E-state index in [1.807, 2.05) is 73.7 Å². The molecule has 2 aromatic carbocycles. The van der Waals surface area contributed by atoms with Gasteiger partial charge in [0.2, 0.25) is 5.75 Å². The maximum atomic E-state index is 13.8. The largest absolute Gasteiger partial charge is 0.481 e. The zero-order chi connectivity index (χ0) is 31.6. The molecule has 7 nitrogen and oxygen atoms in total. The van der Waals surface area contributed by atoms with Gasteiger partial charge in [0, 0.05) is 20.0 Å². The molecule has 0 saturated heterocycles. The van der Waals surface area contributed by atoms with Crippen LogP contribution in [0.3, 0.4) is 0 Å². The van der Waals surface area contributed by atoms with Crippen molar-refractivity contribution in [3.05, 3.63) is 118 Å². The van der Waals surface area contributed by atoms with E-state index in [-0.39, 0.29) is 23.1 Å². The molecule has 0 spiro atoms. The fourth-order valence-corrected chi connectivity index (χ4v) is 5.17. The molecule has 1 heterocycles. The van der Waals surface area contributed by atoms with Crippen molar-refractivity contribution >= 4 is 14.2 Å². The van der Waals surface area contributed by atoms with E-state index in [2.05, 4.69) is 50.4 Å². The first-order valence-corrected chi connectivity index (χ1v) is 17.5. The molecule has 43 heavy (non-hydrogen) atoms. The summed E-state index contributed by atoms with van der Waals surface area (Å²) in [5, 5.41) is 0.0559. The lowest BCUT2D eigenvalue weighted by molar-refractivity contribution is 0.0758. The molecular formula is C35H45N3O4Si. The number of carbonyl (C=O) groups is 1. The Morgan fingerprint density at radius 1 is 1.09 bits per heavy atom. The third-order valence-corrected chi connectivity index (χ3v) is 12.4. The molecule has 0 aliphatic rings. The number of nitrogens with one attached hydrogen (secondary N) is 1. The zero-order valence-electron chi connectivity index (χ0n) is 26.6. The van der Waals surface area contributed by atoms with E-state index < -0.39 is 19.8 Å². The molecular weight excluding hydrogens is 554 g/mol. The first kappa shape index (κ1) is 33.5. The Labute approximate surface area is 257 Å². The fourth-order valence-electron chi connectivity index (χ4n) is 4.14. The highest BCUT2D eigenvalue weighted by atomic mass is 28.4. The minimum atomic E-state index is -1.99. The second kappa shape index (κ2) is 14.9. The van der Waals surface area contributed by atoms with Crippen LogP contribution in [0, 0.1) is 0 Å². The number of H-pyrrole nitrogens is 1. The Bertz CT molecular complexity index is 1520. The number of aromatic nitrogens is 2. The highest BCUT2D eigenvalue weighted by Crippen LogP contribution is 2.36. The lowest BCUT2D eigenvalue weighted by atomic mass is 9.97. The van der Waals surface area contributed by atoms with Gasteiger partial charge in [-0.1, -0.05) is 106 Å². The van der Waals surface area contributed by atoms with Crippen molar-refractivity contribution in [2.45, 2.75) is 52.2 Å². The van der Waals surface area contributed by atoms with Crippen LogP contribution >= 0.6 is 0 Å². The van der Waals surface area contributed by atoms with Gasteiger partial charge in [-0.2, -0.15) is 0 Å². The van der Waals surface area contributed by atoms with Gasteiger partial charge in [0.05, 0.1) is 6.61 Å². The number of carbonyl (C=O) groups excluding carboxylic acids is 1. The topological polar surface area (TPSA) is 84.5 Å². The maximum absolute atomic E-state index is 13.8. The Balaban J connectivity index is 1.95. The number of hydrogen-bond acceptors (Lipinski definition) is 5. The quantitative estimate of drug-likeness (QED) is 0.166. The molecule has 0 aliphatic heterocycles. The number of allylic oxidation sites excluding steroid dienone is 3. The summed E-state index contributed by atoms with van der Waals surface area (Å²) in [4.78, 5) is 36.3. The standard InChI is InChI=1S/C35H45N3O4Si/c1-9-11-17-26(10-2)25-41-32-31(34(40)38(6)22-23-42-43(7,8)35(3,4)5)36-30(37-33(32)39)24-28-20-15-16-21-29(28)27-18-13-12-14-19-27/h9-21H,1,22-25H2,2-8H3,(H,36,37,39). The lowest BCUT2D eigenvalue weighted by Gasteiger charge is -2.36. The van der Waals surface area contributed by atoms with E-state index >= 15 is 0 Å². The third kappa shape index (κ3) is 8.99. The maximum Gasteiger partial charge on any atom is 0.294 e. The number of nitrogens with zero attached hydrogens (tertiary/aromatic N) is 2. The Morgan fingerprint density at radius 3 is 2.42 bits per heavy atom. The van der Waals surface area contributed by atoms with Gasteiger partial charge < -0.3 is 19.0 Å². The van der Waals surface area contributed by atoms with Gasteiger partial charge in [-0.05, 0) is 47.3 Å². The van der Waals surface area contributed by atoms with Gasteiger partial charge in [-0.25, -0.2) is 4.98 Å². The number of rotatable bonds is 13. The second-order valence-electron chi connectivity index (χ2n) is 12.0. The predicted octanol–water partition coefficient (Wildman–Crippen LogP) is 7.19. The van der Waals surface area contributed by atoms with E-state index in [1.165, 1.54) is 4.90 Å². The van der Waals surface area contributed by atoms with E-state index in [4.69, 9.17) is 9.16 Å². The molecule has 0 fully saturated rings. The first-order valence-electron chi connectivity index (χ1n) is 14.6. The molecule has 3 rings (SSSR count). The SMILES string of the molecule is C=CC=CC(=CC)COc1c(C(=O)N(C)CCO[Si](C)(C)C(C)(C)C)nc(Cc2ccccc2-c2ccccc2)[nH]c1=O. The summed E-state index contributed by atoms with van der Waals surface area (Å²) >= 11 is 0. The molecule has 0 saturated carbocycles. The van der Waals surface area contributed by atoms with Crippen LogP contribution in [0.5, 0.6) is 5.75 Å². The van der Waals surface area contributed by atoms with Crippen LogP contribution in [0.4, 0.5) is 0 Å². The minimum absolute atomic E-state index is 0.0195. The van der Waals surface area contributed by atoms with Gasteiger partial charge in [0.25, 0.3) is 11.5 Å². The number of hydrogen-bond donors (Lipinski definition) is 1. The first-order chi connectivity index (χ1) is 20.4. The summed E-state index contributed by atoms with van der Waals surface area (Å²) < 4.78 is 12.3. The van der Waals surface area contributed by atoms with E-state index in [1.54, 1.807) is 19.2 Å². The smallest absolute Gasteiger partial charge is 0.294 e. The van der Waals surface area contributed by atoms with Gasteiger partial charge in [0.15, 0.2) is 14.0 Å². The molecule has 0 unspecified atom stereocenters. The summed E-state index contributed by atoms with van der Waals surface area (Å²) in [6.07, 6.45) is 7.51. The van der Waals surface area contributed by atoms with Crippen LogP contribution in [-0.4, -0.2) is 55.9 Å². The minimum Gasteiger partial charge on any atom is -0.481 e. The molecule has 1 amide bonds. The van der Waals surface area contributed by atoms with Crippen molar-refractivity contribution in [2.75, 3.05) is 26.8 Å². The fraction of sp³-hybridized carbons (Fsp3) is 0.343. The predicted molar refractivity (Wildman–Crippen MR) is 178 cm³/mol. The van der Waals surface area contributed by atoms with E-state index in [0.29, 0.717) is 25.4 Å². The van der Waals surface area contributed by atoms with Crippen LogP contribution in [0.15, 0.2) is 95.8 Å².